The summed E-state index contributed by atoms with van der Waals surface area (Å²) in [5.74, 6) is 2.02. The predicted molar refractivity (Wildman–Crippen MR) is 86.5 cm³/mol. The van der Waals surface area contributed by atoms with Gasteiger partial charge in [-0.1, -0.05) is 24.3 Å². The summed E-state index contributed by atoms with van der Waals surface area (Å²) in [6.07, 6.45) is 3.22. The zero-order valence-corrected chi connectivity index (χ0v) is 12.3. The monoisotopic (exact) mass is 292 g/mol. The van der Waals surface area contributed by atoms with Crippen LogP contribution in [-0.4, -0.2) is 16.6 Å². The lowest BCUT2D eigenvalue weighted by Gasteiger charge is -2.09. The number of nitrogens with zero attached hydrogens (tertiary/aromatic N) is 2. The van der Waals surface area contributed by atoms with Crippen LogP contribution in [0.25, 0.3) is 10.9 Å². The Hall–Kier alpha value is -2.88. The molecule has 0 aliphatic rings. The van der Waals surface area contributed by atoms with Gasteiger partial charge in [0, 0.05) is 0 Å². The number of hydrogen-bond donors (Lipinski definition) is 0. The van der Waals surface area contributed by atoms with Crippen LogP contribution in [0.2, 0.25) is 0 Å². The smallest absolute Gasteiger partial charge is 0.230 e. The maximum atomic E-state index is 5.88. The van der Waals surface area contributed by atoms with Gasteiger partial charge in [0.25, 0.3) is 0 Å². The number of rotatable bonds is 5. The maximum Gasteiger partial charge on any atom is 0.230 e. The molecule has 4 heteroatoms. The van der Waals surface area contributed by atoms with Crippen LogP contribution in [0.3, 0.4) is 0 Å². The standard InChI is InChI=1S/C18H16N2O2/c1-3-10-21-14-5-7-15(8-6-14)22-18-16-11-13(2)4-9-17(16)19-12-20-18/h3-9,11-12H,1,10H2,2H3. The van der Waals surface area contributed by atoms with Crippen LogP contribution in [0.1, 0.15) is 5.56 Å². The van der Waals surface area contributed by atoms with Crippen LogP contribution >= 0.6 is 0 Å². The first kappa shape index (κ1) is 14.1. The molecule has 0 aliphatic carbocycles. The fourth-order valence-electron chi connectivity index (χ4n) is 2.10. The zero-order valence-electron chi connectivity index (χ0n) is 12.3. The normalized spacial score (nSPS) is 10.4. The highest BCUT2D eigenvalue weighted by molar-refractivity contribution is 5.84. The van der Waals surface area contributed by atoms with E-state index in [1.54, 1.807) is 6.08 Å². The third-order valence-electron chi connectivity index (χ3n) is 3.16. The Morgan fingerprint density at radius 3 is 2.59 bits per heavy atom. The van der Waals surface area contributed by atoms with Gasteiger partial charge in [-0.05, 0) is 43.3 Å². The minimum atomic E-state index is 0.482. The summed E-state index contributed by atoms with van der Waals surface area (Å²) in [5, 5.41) is 0.898. The summed E-state index contributed by atoms with van der Waals surface area (Å²) in [7, 11) is 0. The van der Waals surface area contributed by atoms with E-state index in [-0.39, 0.29) is 0 Å². The molecular formula is C18H16N2O2. The molecule has 0 spiro atoms. The van der Waals surface area contributed by atoms with Crippen molar-refractivity contribution in [2.24, 2.45) is 0 Å². The van der Waals surface area contributed by atoms with Crippen molar-refractivity contribution < 1.29 is 9.47 Å². The molecule has 0 unspecified atom stereocenters. The third kappa shape index (κ3) is 3.06. The second-order valence-corrected chi connectivity index (χ2v) is 4.87. The van der Waals surface area contributed by atoms with Gasteiger partial charge >= 0.3 is 0 Å². The van der Waals surface area contributed by atoms with Gasteiger partial charge in [0.1, 0.15) is 24.4 Å². The van der Waals surface area contributed by atoms with Crippen molar-refractivity contribution in [3.05, 3.63) is 67.0 Å². The first-order valence-electron chi connectivity index (χ1n) is 6.99. The highest BCUT2D eigenvalue weighted by Gasteiger charge is 2.06. The van der Waals surface area contributed by atoms with E-state index in [0.717, 1.165) is 22.2 Å². The van der Waals surface area contributed by atoms with Crippen molar-refractivity contribution >= 4 is 10.9 Å². The van der Waals surface area contributed by atoms with Gasteiger partial charge in [0.2, 0.25) is 5.88 Å². The summed E-state index contributed by atoms with van der Waals surface area (Å²) in [6.45, 7) is 6.13. The average molecular weight is 292 g/mol. The SMILES string of the molecule is C=CCOc1ccc(Oc2ncnc3ccc(C)cc23)cc1. The first-order valence-corrected chi connectivity index (χ1v) is 6.99. The van der Waals surface area contributed by atoms with E-state index in [2.05, 4.69) is 16.5 Å². The van der Waals surface area contributed by atoms with E-state index >= 15 is 0 Å². The van der Waals surface area contributed by atoms with Gasteiger partial charge in [0.05, 0.1) is 10.9 Å². The molecule has 110 valence electrons. The van der Waals surface area contributed by atoms with Crippen LogP contribution < -0.4 is 9.47 Å². The highest BCUT2D eigenvalue weighted by Crippen LogP contribution is 2.28. The van der Waals surface area contributed by atoms with Crippen LogP contribution in [0.5, 0.6) is 17.4 Å². The average Bonchev–Trinajstić information content (AvgIpc) is 2.55. The Balaban J connectivity index is 1.86. The Bertz CT molecular complexity index is 798. The molecule has 0 fully saturated rings. The molecule has 0 saturated heterocycles. The maximum absolute atomic E-state index is 5.88. The highest BCUT2D eigenvalue weighted by atomic mass is 16.5. The van der Waals surface area contributed by atoms with E-state index in [0.29, 0.717) is 18.2 Å². The van der Waals surface area contributed by atoms with Gasteiger partial charge in [-0.3, -0.25) is 0 Å². The zero-order chi connectivity index (χ0) is 15.4. The van der Waals surface area contributed by atoms with E-state index in [9.17, 15) is 0 Å². The van der Waals surface area contributed by atoms with Crippen molar-refractivity contribution in [1.82, 2.24) is 9.97 Å². The van der Waals surface area contributed by atoms with Crippen molar-refractivity contribution in [1.29, 1.82) is 0 Å². The van der Waals surface area contributed by atoms with Crippen molar-refractivity contribution in [2.75, 3.05) is 6.61 Å². The predicted octanol–water partition coefficient (Wildman–Crippen LogP) is 4.30. The second kappa shape index (κ2) is 6.26. The number of benzene rings is 2. The van der Waals surface area contributed by atoms with Crippen molar-refractivity contribution in [2.45, 2.75) is 6.92 Å². The molecule has 2 aromatic carbocycles. The van der Waals surface area contributed by atoms with Crippen LogP contribution in [0, 0.1) is 6.92 Å². The molecule has 0 saturated carbocycles. The number of ether oxygens (including phenoxy) is 2. The van der Waals surface area contributed by atoms with Crippen molar-refractivity contribution in [3.8, 4) is 17.4 Å². The molecule has 0 atom stereocenters. The fourth-order valence-corrected chi connectivity index (χ4v) is 2.10. The largest absolute Gasteiger partial charge is 0.490 e. The molecule has 0 aliphatic heterocycles. The molecule has 1 heterocycles. The molecule has 4 nitrogen and oxygen atoms in total. The molecule has 3 rings (SSSR count). The topological polar surface area (TPSA) is 44.2 Å². The summed E-state index contributed by atoms with van der Waals surface area (Å²) in [4.78, 5) is 8.49. The lowest BCUT2D eigenvalue weighted by molar-refractivity contribution is 0.362. The molecule has 22 heavy (non-hydrogen) atoms. The van der Waals surface area contributed by atoms with E-state index in [4.69, 9.17) is 9.47 Å². The fraction of sp³-hybridized carbons (Fsp3) is 0.111. The van der Waals surface area contributed by atoms with Crippen LogP contribution in [0.15, 0.2) is 61.4 Å². The molecule has 0 amide bonds. The van der Waals surface area contributed by atoms with Gasteiger partial charge < -0.3 is 9.47 Å². The minimum Gasteiger partial charge on any atom is -0.490 e. The Morgan fingerprint density at radius 1 is 1.05 bits per heavy atom. The lowest BCUT2D eigenvalue weighted by Crippen LogP contribution is -1.94. The molecule has 3 aromatic rings. The summed E-state index contributed by atoms with van der Waals surface area (Å²) in [6, 6.07) is 13.4. The Kier molecular flexibility index (Phi) is 4.01. The lowest BCUT2D eigenvalue weighted by atomic mass is 10.2. The third-order valence-corrected chi connectivity index (χ3v) is 3.16. The summed E-state index contributed by atoms with van der Waals surface area (Å²) in [5.41, 5.74) is 2.00. The van der Waals surface area contributed by atoms with Gasteiger partial charge in [-0.2, -0.15) is 0 Å². The number of aromatic nitrogens is 2. The first-order chi connectivity index (χ1) is 10.8. The molecular weight excluding hydrogens is 276 g/mol. The Morgan fingerprint density at radius 2 is 1.82 bits per heavy atom. The molecule has 0 N–H and O–H groups in total. The summed E-state index contributed by atoms with van der Waals surface area (Å²) >= 11 is 0. The molecule has 0 bridgehead atoms. The molecule has 0 radical (unpaired) electrons. The minimum absolute atomic E-state index is 0.482. The number of hydrogen-bond acceptors (Lipinski definition) is 4. The van der Waals surface area contributed by atoms with E-state index in [1.807, 2.05) is 49.4 Å². The quantitative estimate of drug-likeness (QED) is 0.658. The second-order valence-electron chi connectivity index (χ2n) is 4.87. The van der Waals surface area contributed by atoms with Gasteiger partial charge in [-0.15, -0.1) is 0 Å². The van der Waals surface area contributed by atoms with E-state index in [1.165, 1.54) is 6.33 Å². The molecule has 1 aromatic heterocycles. The van der Waals surface area contributed by atoms with E-state index < -0.39 is 0 Å². The summed E-state index contributed by atoms with van der Waals surface area (Å²) < 4.78 is 11.3. The number of fused-ring (bicyclic) bond motifs is 1. The van der Waals surface area contributed by atoms with Gasteiger partial charge in [0.15, 0.2) is 0 Å². The Labute approximate surface area is 129 Å². The van der Waals surface area contributed by atoms with Crippen molar-refractivity contribution in [3.63, 3.8) is 0 Å². The van der Waals surface area contributed by atoms with Gasteiger partial charge in [-0.25, -0.2) is 9.97 Å². The van der Waals surface area contributed by atoms with Crippen LogP contribution in [0.4, 0.5) is 0 Å². The number of aryl methyl sites for hydroxylation is 1. The van der Waals surface area contributed by atoms with Crippen LogP contribution in [-0.2, 0) is 0 Å².